The van der Waals surface area contributed by atoms with Gasteiger partial charge in [-0.1, -0.05) is 17.2 Å². The molecule has 1 aromatic carbocycles. The molecule has 110 valence electrons. The predicted molar refractivity (Wildman–Crippen MR) is 81.7 cm³/mol. The van der Waals surface area contributed by atoms with Crippen molar-refractivity contribution in [2.45, 2.75) is 0 Å². The number of carbonyl (C=O) groups is 1. The average molecular weight is 315 g/mol. The average Bonchev–Trinajstić information content (AvgIpc) is 3.16. The van der Waals surface area contributed by atoms with Crippen LogP contribution in [-0.2, 0) is 4.79 Å². The topological polar surface area (TPSA) is 68.0 Å². The summed E-state index contributed by atoms with van der Waals surface area (Å²) in [5, 5.41) is 11.8. The maximum Gasteiger partial charge on any atom is 0.322 e. The molecule has 0 radical (unpaired) electrons. The Morgan fingerprint density at radius 3 is 2.95 bits per heavy atom. The lowest BCUT2D eigenvalue weighted by Gasteiger charge is -1.95. The molecule has 0 fully saturated rings. The SMILES string of the molecule is O=C(/C=C/c1cccs1)Nc1nnc(-c2cccc(F)c2)o1. The second-order valence-electron chi connectivity index (χ2n) is 4.26. The summed E-state index contributed by atoms with van der Waals surface area (Å²) >= 11 is 1.52. The molecule has 0 bridgehead atoms. The van der Waals surface area contributed by atoms with Crippen LogP contribution < -0.4 is 5.32 Å². The van der Waals surface area contributed by atoms with E-state index in [0.29, 0.717) is 5.56 Å². The van der Waals surface area contributed by atoms with Crippen LogP contribution in [0.5, 0.6) is 0 Å². The molecule has 5 nitrogen and oxygen atoms in total. The Hall–Kier alpha value is -2.80. The van der Waals surface area contributed by atoms with Crippen LogP contribution in [0.4, 0.5) is 10.4 Å². The maximum atomic E-state index is 13.1. The first-order valence-corrected chi connectivity index (χ1v) is 7.21. The third-order valence-corrected chi connectivity index (χ3v) is 3.51. The summed E-state index contributed by atoms with van der Waals surface area (Å²) in [6, 6.07) is 9.51. The lowest BCUT2D eigenvalue weighted by Crippen LogP contribution is -2.07. The number of halogens is 1. The minimum Gasteiger partial charge on any atom is -0.403 e. The van der Waals surface area contributed by atoms with Crippen molar-refractivity contribution in [1.82, 2.24) is 10.2 Å². The molecule has 1 amide bonds. The fourth-order valence-corrected chi connectivity index (χ4v) is 2.32. The van der Waals surface area contributed by atoms with Gasteiger partial charge in [-0.05, 0) is 35.7 Å². The third-order valence-electron chi connectivity index (χ3n) is 2.67. The molecule has 3 aromatic rings. The van der Waals surface area contributed by atoms with Gasteiger partial charge in [0.05, 0.1) is 0 Å². The fraction of sp³-hybridized carbons (Fsp3) is 0. The van der Waals surface area contributed by atoms with Crippen molar-refractivity contribution < 1.29 is 13.6 Å². The van der Waals surface area contributed by atoms with Crippen LogP contribution in [0.25, 0.3) is 17.5 Å². The molecular weight excluding hydrogens is 305 g/mol. The number of benzene rings is 1. The van der Waals surface area contributed by atoms with Gasteiger partial charge >= 0.3 is 6.01 Å². The van der Waals surface area contributed by atoms with Crippen LogP contribution in [0.3, 0.4) is 0 Å². The lowest BCUT2D eigenvalue weighted by atomic mass is 10.2. The summed E-state index contributed by atoms with van der Waals surface area (Å²) in [5.41, 5.74) is 0.446. The van der Waals surface area contributed by atoms with Crippen LogP contribution in [0.2, 0.25) is 0 Å². The predicted octanol–water partition coefficient (Wildman–Crippen LogP) is 3.59. The van der Waals surface area contributed by atoms with E-state index in [4.69, 9.17) is 4.42 Å². The summed E-state index contributed by atoms with van der Waals surface area (Å²) < 4.78 is 18.4. The lowest BCUT2D eigenvalue weighted by molar-refractivity contribution is -0.112. The molecule has 0 saturated carbocycles. The summed E-state index contributed by atoms with van der Waals surface area (Å²) in [4.78, 5) is 12.7. The summed E-state index contributed by atoms with van der Waals surface area (Å²) in [6.07, 6.45) is 3.06. The van der Waals surface area contributed by atoms with E-state index in [0.717, 1.165) is 4.88 Å². The van der Waals surface area contributed by atoms with Gasteiger partial charge in [-0.25, -0.2) is 4.39 Å². The molecule has 0 aliphatic carbocycles. The Morgan fingerprint density at radius 1 is 1.27 bits per heavy atom. The highest BCUT2D eigenvalue weighted by atomic mass is 32.1. The summed E-state index contributed by atoms with van der Waals surface area (Å²) in [5.74, 6) is -0.653. The van der Waals surface area contributed by atoms with Gasteiger partial charge in [0, 0.05) is 16.5 Å². The highest BCUT2D eigenvalue weighted by molar-refractivity contribution is 7.10. The monoisotopic (exact) mass is 315 g/mol. The molecule has 7 heteroatoms. The molecule has 0 aliphatic rings. The number of rotatable bonds is 4. The van der Waals surface area contributed by atoms with E-state index in [9.17, 15) is 9.18 Å². The van der Waals surface area contributed by atoms with Crippen molar-refractivity contribution in [3.8, 4) is 11.5 Å². The van der Waals surface area contributed by atoms with Gasteiger partial charge in [0.2, 0.25) is 5.89 Å². The first kappa shape index (κ1) is 14.2. The van der Waals surface area contributed by atoms with Gasteiger partial charge in [-0.15, -0.1) is 16.4 Å². The first-order chi connectivity index (χ1) is 10.7. The van der Waals surface area contributed by atoms with Crippen LogP contribution in [0.15, 0.2) is 52.3 Å². The van der Waals surface area contributed by atoms with E-state index in [1.807, 2.05) is 17.5 Å². The van der Waals surface area contributed by atoms with Crippen LogP contribution in [-0.4, -0.2) is 16.1 Å². The molecule has 2 heterocycles. The van der Waals surface area contributed by atoms with Crippen molar-refractivity contribution >= 4 is 29.3 Å². The molecule has 0 aliphatic heterocycles. The van der Waals surface area contributed by atoms with E-state index in [1.165, 1.54) is 35.6 Å². The second kappa shape index (κ2) is 6.31. The number of thiophene rings is 1. The molecule has 0 saturated heterocycles. The Kier molecular flexibility index (Phi) is 4.06. The second-order valence-corrected chi connectivity index (χ2v) is 5.24. The minimum absolute atomic E-state index is 0.0416. The fourth-order valence-electron chi connectivity index (χ4n) is 1.70. The number of hydrogen-bond donors (Lipinski definition) is 1. The highest BCUT2D eigenvalue weighted by Crippen LogP contribution is 2.20. The molecule has 0 spiro atoms. The van der Waals surface area contributed by atoms with Gasteiger partial charge < -0.3 is 4.42 Å². The highest BCUT2D eigenvalue weighted by Gasteiger charge is 2.10. The maximum absolute atomic E-state index is 13.1. The Balaban J connectivity index is 1.68. The Morgan fingerprint density at radius 2 is 2.18 bits per heavy atom. The van der Waals surface area contributed by atoms with Crippen molar-refractivity contribution in [1.29, 1.82) is 0 Å². The van der Waals surface area contributed by atoms with E-state index in [-0.39, 0.29) is 17.8 Å². The van der Waals surface area contributed by atoms with Crippen LogP contribution in [0.1, 0.15) is 4.88 Å². The van der Waals surface area contributed by atoms with Crippen molar-refractivity contribution in [2.75, 3.05) is 5.32 Å². The Bertz CT molecular complexity index is 812. The van der Waals surface area contributed by atoms with Crippen LogP contribution >= 0.6 is 11.3 Å². The molecule has 3 rings (SSSR count). The van der Waals surface area contributed by atoms with E-state index < -0.39 is 5.82 Å². The van der Waals surface area contributed by atoms with E-state index in [1.54, 1.807) is 12.1 Å². The quantitative estimate of drug-likeness (QED) is 0.747. The zero-order valence-corrected chi connectivity index (χ0v) is 12.0. The molecule has 0 unspecified atom stereocenters. The van der Waals surface area contributed by atoms with Gasteiger partial charge in [-0.3, -0.25) is 10.1 Å². The van der Waals surface area contributed by atoms with E-state index in [2.05, 4.69) is 15.5 Å². The first-order valence-electron chi connectivity index (χ1n) is 6.33. The smallest absolute Gasteiger partial charge is 0.322 e. The summed E-state index contributed by atoms with van der Waals surface area (Å²) in [7, 11) is 0. The number of anilines is 1. The van der Waals surface area contributed by atoms with Gasteiger partial charge in [-0.2, -0.15) is 0 Å². The number of hydrogen-bond acceptors (Lipinski definition) is 5. The van der Waals surface area contributed by atoms with Crippen molar-refractivity contribution in [3.63, 3.8) is 0 Å². The molecule has 1 N–H and O–H groups in total. The zero-order chi connectivity index (χ0) is 15.4. The molecule has 0 atom stereocenters. The zero-order valence-electron chi connectivity index (χ0n) is 11.2. The van der Waals surface area contributed by atoms with Crippen LogP contribution in [0, 0.1) is 5.82 Å². The Labute approximate surface area is 129 Å². The van der Waals surface area contributed by atoms with Crippen molar-refractivity contribution in [2.24, 2.45) is 0 Å². The number of nitrogens with zero attached hydrogens (tertiary/aromatic N) is 2. The molecule has 22 heavy (non-hydrogen) atoms. The van der Waals surface area contributed by atoms with Gasteiger partial charge in [0.1, 0.15) is 5.82 Å². The van der Waals surface area contributed by atoms with Gasteiger partial charge in [0.15, 0.2) is 0 Å². The minimum atomic E-state index is -0.403. The number of aromatic nitrogens is 2. The standard InChI is InChI=1S/C15H10FN3O2S/c16-11-4-1-3-10(9-11)14-18-19-15(21-14)17-13(20)7-6-12-5-2-8-22-12/h1-9H,(H,17,19,20)/b7-6+. The molecular formula is C15H10FN3O2S. The largest absolute Gasteiger partial charge is 0.403 e. The number of nitrogens with one attached hydrogen (secondary N) is 1. The van der Waals surface area contributed by atoms with E-state index >= 15 is 0 Å². The van der Waals surface area contributed by atoms with Gasteiger partial charge in [0.25, 0.3) is 5.91 Å². The summed E-state index contributed by atoms with van der Waals surface area (Å²) in [6.45, 7) is 0. The third kappa shape index (κ3) is 3.44. The van der Waals surface area contributed by atoms with Crippen molar-refractivity contribution in [3.05, 3.63) is 58.5 Å². The number of carbonyl (C=O) groups excluding carboxylic acids is 1. The molecule has 2 aromatic heterocycles. The normalized spacial score (nSPS) is 11.0. The number of amides is 1.